The van der Waals surface area contributed by atoms with Gasteiger partial charge < -0.3 is 5.73 Å². The van der Waals surface area contributed by atoms with Gasteiger partial charge in [-0.25, -0.2) is 13.1 Å². The molecular formula is C15H22N2O2S. The Kier molecular flexibility index (Phi) is 3.50. The molecule has 0 saturated heterocycles. The van der Waals surface area contributed by atoms with Crippen LogP contribution in [0, 0.1) is 24.7 Å². The fraction of sp³-hybridized carbons (Fsp3) is 0.600. The third-order valence-electron chi connectivity index (χ3n) is 4.48. The molecule has 2 saturated carbocycles. The summed E-state index contributed by atoms with van der Waals surface area (Å²) < 4.78 is 27.7. The van der Waals surface area contributed by atoms with Crippen molar-refractivity contribution in [3.63, 3.8) is 0 Å². The summed E-state index contributed by atoms with van der Waals surface area (Å²) in [7, 11) is -3.50. The van der Waals surface area contributed by atoms with Gasteiger partial charge in [0.25, 0.3) is 0 Å². The molecule has 2 aliphatic rings. The van der Waals surface area contributed by atoms with Crippen molar-refractivity contribution >= 4 is 15.7 Å². The van der Waals surface area contributed by atoms with Crippen molar-refractivity contribution in [2.24, 2.45) is 17.8 Å². The van der Waals surface area contributed by atoms with Crippen LogP contribution in [0.2, 0.25) is 0 Å². The van der Waals surface area contributed by atoms with Gasteiger partial charge in [0.05, 0.1) is 5.69 Å². The van der Waals surface area contributed by atoms with Crippen LogP contribution in [-0.4, -0.2) is 15.0 Å². The summed E-state index contributed by atoms with van der Waals surface area (Å²) in [5.74, 6) is 1.99. The number of aryl methyl sites for hydroxylation is 1. The molecule has 2 fully saturated rings. The van der Waals surface area contributed by atoms with E-state index in [1.807, 2.05) is 0 Å². The van der Waals surface area contributed by atoms with E-state index in [-0.39, 0.29) is 4.90 Å². The molecule has 2 aliphatic carbocycles. The zero-order valence-electron chi connectivity index (χ0n) is 11.8. The highest BCUT2D eigenvalue weighted by molar-refractivity contribution is 7.89. The van der Waals surface area contributed by atoms with Gasteiger partial charge in [-0.15, -0.1) is 0 Å². The van der Waals surface area contributed by atoms with E-state index in [2.05, 4.69) is 4.72 Å². The first kappa shape index (κ1) is 13.9. The van der Waals surface area contributed by atoms with Crippen LogP contribution in [0.1, 0.15) is 31.2 Å². The zero-order valence-corrected chi connectivity index (χ0v) is 12.6. The van der Waals surface area contributed by atoms with Crippen LogP contribution in [0.15, 0.2) is 23.1 Å². The third-order valence-corrected chi connectivity index (χ3v) is 6.12. The molecule has 1 aromatic carbocycles. The number of sulfonamides is 1. The van der Waals surface area contributed by atoms with Crippen molar-refractivity contribution < 1.29 is 8.42 Å². The van der Waals surface area contributed by atoms with E-state index in [4.69, 9.17) is 5.73 Å². The molecule has 0 unspecified atom stereocenters. The molecule has 3 N–H and O–H groups in total. The van der Waals surface area contributed by atoms with Crippen LogP contribution in [0.4, 0.5) is 5.69 Å². The number of nitrogen functional groups attached to an aromatic ring is 1. The largest absolute Gasteiger partial charge is 0.398 e. The molecule has 4 nitrogen and oxygen atoms in total. The maximum absolute atomic E-state index is 12.5. The fourth-order valence-electron chi connectivity index (χ4n) is 3.09. The van der Waals surface area contributed by atoms with Crippen molar-refractivity contribution in [3.8, 4) is 0 Å². The number of hydrogen-bond acceptors (Lipinski definition) is 3. The topological polar surface area (TPSA) is 72.2 Å². The molecule has 20 heavy (non-hydrogen) atoms. The molecule has 0 bridgehead atoms. The lowest BCUT2D eigenvalue weighted by Gasteiger charge is -2.17. The van der Waals surface area contributed by atoms with Crippen LogP contribution in [0.5, 0.6) is 0 Å². The number of nitrogens with one attached hydrogen (secondary N) is 1. The standard InChI is InChI=1S/C15H22N2O2S/c1-10-3-2-4-14(16)15(10)20(18,19)17-9-13(11-5-6-11)12-7-8-12/h2-4,11-13,17H,5-9,16H2,1H3. The van der Waals surface area contributed by atoms with Crippen LogP contribution in [0.3, 0.4) is 0 Å². The summed E-state index contributed by atoms with van der Waals surface area (Å²) in [6, 6.07) is 5.20. The SMILES string of the molecule is Cc1cccc(N)c1S(=O)(=O)NCC(C1CC1)C1CC1. The van der Waals surface area contributed by atoms with Crippen LogP contribution in [0.25, 0.3) is 0 Å². The van der Waals surface area contributed by atoms with Crippen molar-refractivity contribution in [1.29, 1.82) is 0 Å². The quantitative estimate of drug-likeness (QED) is 0.791. The van der Waals surface area contributed by atoms with E-state index in [0.29, 0.717) is 23.7 Å². The highest BCUT2D eigenvalue weighted by Crippen LogP contribution is 2.48. The predicted molar refractivity (Wildman–Crippen MR) is 79.7 cm³/mol. The smallest absolute Gasteiger partial charge is 0.242 e. The second-order valence-corrected chi connectivity index (χ2v) is 7.89. The van der Waals surface area contributed by atoms with Gasteiger partial charge in [-0.2, -0.15) is 0 Å². The minimum absolute atomic E-state index is 0.241. The second-order valence-electron chi connectivity index (χ2n) is 6.18. The first-order valence-corrected chi connectivity index (χ1v) is 8.82. The Bertz CT molecular complexity index is 572. The summed E-state index contributed by atoms with van der Waals surface area (Å²) in [5, 5.41) is 0. The maximum atomic E-state index is 12.5. The summed E-state index contributed by atoms with van der Waals surface area (Å²) in [4.78, 5) is 0.241. The third kappa shape index (κ3) is 2.83. The van der Waals surface area contributed by atoms with Gasteiger partial charge in [-0.3, -0.25) is 0 Å². The first-order chi connectivity index (χ1) is 9.49. The van der Waals surface area contributed by atoms with Crippen molar-refractivity contribution in [2.75, 3.05) is 12.3 Å². The Morgan fingerprint density at radius 1 is 1.25 bits per heavy atom. The van der Waals surface area contributed by atoms with Gasteiger partial charge in [-0.05, 0) is 62.0 Å². The van der Waals surface area contributed by atoms with E-state index >= 15 is 0 Å². The van der Waals surface area contributed by atoms with E-state index in [1.54, 1.807) is 25.1 Å². The Hall–Kier alpha value is -1.07. The lowest BCUT2D eigenvalue weighted by molar-refractivity contribution is 0.401. The van der Waals surface area contributed by atoms with Gasteiger partial charge in [0.2, 0.25) is 10.0 Å². The Balaban J connectivity index is 1.75. The number of anilines is 1. The Morgan fingerprint density at radius 3 is 2.35 bits per heavy atom. The zero-order chi connectivity index (χ0) is 14.3. The molecule has 0 aliphatic heterocycles. The van der Waals surface area contributed by atoms with Crippen LogP contribution in [-0.2, 0) is 10.0 Å². The van der Waals surface area contributed by atoms with Gasteiger partial charge in [0.15, 0.2) is 0 Å². The van der Waals surface area contributed by atoms with Gasteiger partial charge in [-0.1, -0.05) is 12.1 Å². The molecule has 0 amide bonds. The fourth-order valence-corrected chi connectivity index (χ4v) is 4.51. The Labute approximate surface area is 120 Å². The number of hydrogen-bond donors (Lipinski definition) is 2. The van der Waals surface area contributed by atoms with E-state index < -0.39 is 10.0 Å². The lowest BCUT2D eigenvalue weighted by Crippen LogP contribution is -2.32. The average molecular weight is 294 g/mol. The first-order valence-electron chi connectivity index (χ1n) is 7.34. The van der Waals surface area contributed by atoms with Crippen molar-refractivity contribution in [2.45, 2.75) is 37.5 Å². The molecule has 0 atom stereocenters. The minimum Gasteiger partial charge on any atom is -0.398 e. The highest BCUT2D eigenvalue weighted by Gasteiger charge is 2.41. The minimum atomic E-state index is -3.50. The van der Waals surface area contributed by atoms with Gasteiger partial charge in [0, 0.05) is 6.54 Å². The molecule has 5 heteroatoms. The molecular weight excluding hydrogens is 272 g/mol. The predicted octanol–water partition coefficient (Wildman–Crippen LogP) is 2.29. The molecule has 0 heterocycles. The van der Waals surface area contributed by atoms with Crippen molar-refractivity contribution in [1.82, 2.24) is 4.72 Å². The molecule has 0 spiro atoms. The molecule has 0 aromatic heterocycles. The normalized spacial score (nSPS) is 19.5. The average Bonchev–Trinajstić information content (AvgIpc) is 3.23. The second kappa shape index (κ2) is 5.04. The van der Waals surface area contributed by atoms with Crippen molar-refractivity contribution in [3.05, 3.63) is 23.8 Å². The summed E-state index contributed by atoms with van der Waals surface area (Å²) in [6.45, 7) is 2.34. The molecule has 3 rings (SSSR count). The molecule has 1 aromatic rings. The summed E-state index contributed by atoms with van der Waals surface area (Å²) >= 11 is 0. The number of nitrogens with two attached hydrogens (primary N) is 1. The molecule has 110 valence electrons. The summed E-state index contributed by atoms with van der Waals surface area (Å²) in [6.07, 6.45) is 5.04. The van der Waals surface area contributed by atoms with Crippen LogP contribution < -0.4 is 10.5 Å². The van der Waals surface area contributed by atoms with Gasteiger partial charge >= 0.3 is 0 Å². The van der Waals surface area contributed by atoms with E-state index in [9.17, 15) is 8.42 Å². The monoisotopic (exact) mass is 294 g/mol. The summed E-state index contributed by atoms with van der Waals surface area (Å²) in [5.41, 5.74) is 6.87. The lowest BCUT2D eigenvalue weighted by atomic mass is 9.99. The van der Waals surface area contributed by atoms with E-state index in [0.717, 1.165) is 11.8 Å². The maximum Gasteiger partial charge on any atom is 0.242 e. The number of rotatable bonds is 6. The highest BCUT2D eigenvalue weighted by atomic mass is 32.2. The van der Waals surface area contributed by atoms with E-state index in [1.165, 1.54) is 25.7 Å². The Morgan fingerprint density at radius 2 is 1.85 bits per heavy atom. The van der Waals surface area contributed by atoms with Gasteiger partial charge in [0.1, 0.15) is 4.90 Å². The molecule has 0 radical (unpaired) electrons. The van der Waals surface area contributed by atoms with Crippen LogP contribution >= 0.6 is 0 Å². The number of benzene rings is 1.